The highest BCUT2D eigenvalue weighted by molar-refractivity contribution is 4.91. The Bertz CT molecular complexity index is 310. The van der Waals surface area contributed by atoms with Crippen LogP contribution in [0.4, 0.5) is 0 Å². The fourth-order valence-electron chi connectivity index (χ4n) is 2.13. The van der Waals surface area contributed by atoms with Crippen LogP contribution in [0.5, 0.6) is 0 Å². The van der Waals surface area contributed by atoms with E-state index in [1.807, 2.05) is 12.2 Å². The van der Waals surface area contributed by atoms with Crippen molar-refractivity contribution in [2.24, 2.45) is 0 Å². The van der Waals surface area contributed by atoms with E-state index in [1.165, 1.54) is 0 Å². The highest BCUT2D eigenvalue weighted by atomic mass is 16.6. The lowest BCUT2D eigenvalue weighted by atomic mass is 10.1. The molecule has 2 saturated heterocycles. The molecule has 0 aromatic heterocycles. The number of rotatable bonds is 15. The molecule has 0 aromatic carbocycles. The third-order valence-electron chi connectivity index (χ3n) is 3.54. The summed E-state index contributed by atoms with van der Waals surface area (Å²) in [5.74, 6) is 0. The van der Waals surface area contributed by atoms with Crippen molar-refractivity contribution in [1.29, 1.82) is 0 Å². The van der Waals surface area contributed by atoms with E-state index in [0.717, 1.165) is 26.1 Å². The summed E-state index contributed by atoms with van der Waals surface area (Å²) in [6, 6.07) is 0. The first-order valence-corrected chi connectivity index (χ1v) is 8.74. The third kappa shape index (κ3) is 11.4. The standard InChI is InChI=1S/C12H18O3.C6H14O4/c1-3-5-9(11-7-13-11)15-10(6-4-2)12-8-14-12;7-1-3-9-5-6-10-4-2-8/h3-4,9-12H,1-2,5-8H2;7-8H,1-6H2. The van der Waals surface area contributed by atoms with Gasteiger partial charge in [-0.1, -0.05) is 12.2 Å². The molecule has 2 rings (SSSR count). The van der Waals surface area contributed by atoms with Gasteiger partial charge >= 0.3 is 0 Å². The summed E-state index contributed by atoms with van der Waals surface area (Å²) in [6.45, 7) is 10.8. The van der Waals surface area contributed by atoms with Crippen LogP contribution >= 0.6 is 0 Å². The Kier molecular flexibility index (Phi) is 12.8. The van der Waals surface area contributed by atoms with Gasteiger partial charge in [0.15, 0.2) is 0 Å². The average Bonchev–Trinajstić information content (AvgIpc) is 3.50. The van der Waals surface area contributed by atoms with Gasteiger partial charge in [-0.15, -0.1) is 13.2 Å². The summed E-state index contributed by atoms with van der Waals surface area (Å²) in [6.07, 6.45) is 6.23. The smallest absolute Gasteiger partial charge is 0.107 e. The van der Waals surface area contributed by atoms with Gasteiger partial charge in [0, 0.05) is 0 Å². The van der Waals surface area contributed by atoms with Crippen molar-refractivity contribution in [2.45, 2.75) is 37.3 Å². The van der Waals surface area contributed by atoms with Crippen molar-refractivity contribution in [3.63, 3.8) is 0 Å². The van der Waals surface area contributed by atoms with Crippen molar-refractivity contribution >= 4 is 0 Å². The first-order chi connectivity index (χ1) is 12.3. The van der Waals surface area contributed by atoms with Gasteiger partial charge in [0.2, 0.25) is 0 Å². The molecule has 4 atom stereocenters. The molecule has 146 valence electrons. The number of epoxide rings is 2. The molecule has 7 nitrogen and oxygen atoms in total. The first-order valence-electron chi connectivity index (χ1n) is 8.74. The number of hydrogen-bond acceptors (Lipinski definition) is 7. The summed E-state index contributed by atoms with van der Waals surface area (Å²) in [4.78, 5) is 0. The monoisotopic (exact) mass is 360 g/mol. The quantitative estimate of drug-likeness (QED) is 0.252. The SMILES string of the molecule is C=CCC(OC(CC=C)C1CO1)C1CO1.OCCOCCOCCO. The molecule has 0 radical (unpaired) electrons. The van der Waals surface area contributed by atoms with Crippen LogP contribution in [0.1, 0.15) is 12.8 Å². The summed E-state index contributed by atoms with van der Waals surface area (Å²) in [5.41, 5.74) is 0. The van der Waals surface area contributed by atoms with Crippen LogP contribution in [0.3, 0.4) is 0 Å². The van der Waals surface area contributed by atoms with Crippen LogP contribution in [0.25, 0.3) is 0 Å². The maximum absolute atomic E-state index is 8.26. The molecule has 0 saturated carbocycles. The van der Waals surface area contributed by atoms with E-state index in [1.54, 1.807) is 0 Å². The molecule has 25 heavy (non-hydrogen) atoms. The van der Waals surface area contributed by atoms with Crippen molar-refractivity contribution in [1.82, 2.24) is 0 Å². The van der Waals surface area contributed by atoms with Crippen LogP contribution in [0, 0.1) is 0 Å². The summed E-state index contributed by atoms with van der Waals surface area (Å²) in [5, 5.41) is 16.5. The fraction of sp³-hybridized carbons (Fsp3) is 0.778. The molecule has 2 aliphatic heterocycles. The van der Waals surface area contributed by atoms with Crippen LogP contribution in [0.15, 0.2) is 25.3 Å². The molecule has 7 heteroatoms. The Balaban J connectivity index is 0.000000275. The van der Waals surface area contributed by atoms with E-state index in [4.69, 9.17) is 33.9 Å². The van der Waals surface area contributed by atoms with Gasteiger partial charge in [-0.2, -0.15) is 0 Å². The third-order valence-corrected chi connectivity index (χ3v) is 3.54. The largest absolute Gasteiger partial charge is 0.394 e. The van der Waals surface area contributed by atoms with E-state index in [0.29, 0.717) is 26.4 Å². The van der Waals surface area contributed by atoms with Crippen molar-refractivity contribution < 1.29 is 33.9 Å². The molecular weight excluding hydrogens is 328 g/mol. The highest BCUT2D eigenvalue weighted by Gasteiger charge is 2.39. The predicted molar refractivity (Wildman–Crippen MR) is 93.6 cm³/mol. The van der Waals surface area contributed by atoms with Gasteiger partial charge in [-0.25, -0.2) is 0 Å². The van der Waals surface area contributed by atoms with E-state index in [2.05, 4.69) is 13.2 Å². The van der Waals surface area contributed by atoms with Crippen molar-refractivity contribution in [3.8, 4) is 0 Å². The maximum Gasteiger partial charge on any atom is 0.107 e. The van der Waals surface area contributed by atoms with Gasteiger partial charge in [0.05, 0.1) is 65.1 Å². The molecule has 2 heterocycles. The highest BCUT2D eigenvalue weighted by Crippen LogP contribution is 2.27. The zero-order valence-corrected chi connectivity index (χ0v) is 14.9. The van der Waals surface area contributed by atoms with E-state index >= 15 is 0 Å². The Morgan fingerprint density at radius 1 is 0.840 bits per heavy atom. The Labute approximate surface area is 150 Å². The lowest BCUT2D eigenvalue weighted by Crippen LogP contribution is -2.29. The molecule has 4 unspecified atom stereocenters. The van der Waals surface area contributed by atoms with E-state index < -0.39 is 0 Å². The lowest BCUT2D eigenvalue weighted by Gasteiger charge is -2.20. The van der Waals surface area contributed by atoms with Gasteiger partial charge in [-0.3, -0.25) is 0 Å². The topological polar surface area (TPSA) is 93.2 Å². The summed E-state index contributed by atoms with van der Waals surface area (Å²) >= 11 is 0. The number of ether oxygens (including phenoxy) is 5. The molecule has 0 bridgehead atoms. The van der Waals surface area contributed by atoms with Gasteiger partial charge < -0.3 is 33.9 Å². The zero-order valence-electron chi connectivity index (χ0n) is 14.9. The van der Waals surface area contributed by atoms with Gasteiger partial charge in [0.25, 0.3) is 0 Å². The molecule has 2 aliphatic rings. The molecule has 0 spiro atoms. The second kappa shape index (κ2) is 14.4. The lowest BCUT2D eigenvalue weighted by molar-refractivity contribution is -0.0343. The van der Waals surface area contributed by atoms with Crippen LogP contribution in [-0.2, 0) is 23.7 Å². The van der Waals surface area contributed by atoms with Crippen LogP contribution < -0.4 is 0 Å². The second-order valence-corrected chi connectivity index (χ2v) is 5.68. The first kappa shape index (κ1) is 22.2. The Hall–Kier alpha value is -0.800. The fourth-order valence-corrected chi connectivity index (χ4v) is 2.13. The zero-order chi connectivity index (χ0) is 18.3. The molecule has 0 amide bonds. The van der Waals surface area contributed by atoms with Crippen LogP contribution in [-0.4, -0.2) is 87.5 Å². The van der Waals surface area contributed by atoms with Crippen molar-refractivity contribution in [2.75, 3.05) is 52.9 Å². The van der Waals surface area contributed by atoms with E-state index in [-0.39, 0.29) is 37.6 Å². The Morgan fingerprint density at radius 2 is 1.24 bits per heavy atom. The summed E-state index contributed by atoms with van der Waals surface area (Å²) in [7, 11) is 0. The van der Waals surface area contributed by atoms with Crippen molar-refractivity contribution in [3.05, 3.63) is 25.3 Å². The summed E-state index contributed by atoms with van der Waals surface area (Å²) < 4.78 is 26.3. The Morgan fingerprint density at radius 3 is 1.52 bits per heavy atom. The average molecular weight is 360 g/mol. The molecule has 2 N–H and O–H groups in total. The van der Waals surface area contributed by atoms with E-state index in [9.17, 15) is 0 Å². The number of aliphatic hydroxyl groups excluding tert-OH is 2. The predicted octanol–water partition coefficient (Wildman–Crippen LogP) is 0.694. The maximum atomic E-state index is 8.26. The minimum Gasteiger partial charge on any atom is -0.394 e. The molecule has 0 aromatic rings. The van der Waals surface area contributed by atoms with Gasteiger partial charge in [-0.05, 0) is 12.8 Å². The minimum absolute atomic E-state index is 0.0417. The molecular formula is C18H32O7. The normalized spacial score (nSPS) is 23.1. The molecule has 2 fully saturated rings. The number of hydrogen-bond donors (Lipinski definition) is 2. The van der Waals surface area contributed by atoms with Gasteiger partial charge in [0.1, 0.15) is 12.2 Å². The minimum atomic E-state index is 0.0417. The number of aliphatic hydroxyl groups is 2. The van der Waals surface area contributed by atoms with Crippen LogP contribution in [0.2, 0.25) is 0 Å². The molecule has 0 aliphatic carbocycles. The second-order valence-electron chi connectivity index (χ2n) is 5.68.